The van der Waals surface area contributed by atoms with Gasteiger partial charge in [-0.3, -0.25) is 4.98 Å². The number of hydrogen-bond acceptors (Lipinski definition) is 8. The molecule has 9 heteroatoms. The third-order valence-corrected chi connectivity index (χ3v) is 3.72. The van der Waals surface area contributed by atoms with E-state index in [1.165, 1.54) is 0 Å². The molecule has 3 aromatic rings. The van der Waals surface area contributed by atoms with Crippen molar-refractivity contribution in [2.24, 2.45) is 0 Å². The number of aromatic nitrogens is 7. The molecule has 3 aromatic heterocycles. The van der Waals surface area contributed by atoms with Crippen LogP contribution in [-0.4, -0.2) is 54.1 Å². The van der Waals surface area contributed by atoms with Crippen molar-refractivity contribution >= 4 is 17.4 Å². The van der Waals surface area contributed by atoms with Crippen molar-refractivity contribution < 1.29 is 0 Å². The van der Waals surface area contributed by atoms with Gasteiger partial charge in [0.15, 0.2) is 11.5 Å². The minimum absolute atomic E-state index is 0.272. The maximum Gasteiger partial charge on any atom is 0.225 e. The van der Waals surface area contributed by atoms with Crippen LogP contribution in [0, 0.1) is 0 Å². The molecule has 112 valence electrons. The largest absolute Gasteiger partial charge is 0.364 e. The van der Waals surface area contributed by atoms with E-state index >= 15 is 0 Å². The maximum absolute atomic E-state index is 4.32. The lowest BCUT2D eigenvalue weighted by molar-refractivity contribution is 0.520. The van der Waals surface area contributed by atoms with Crippen molar-refractivity contribution in [2.45, 2.75) is 18.9 Å². The zero-order valence-corrected chi connectivity index (χ0v) is 11.9. The Hall–Kier alpha value is -2.84. The molecule has 0 radical (unpaired) electrons. The molecule has 4 rings (SSSR count). The Kier molecular flexibility index (Phi) is 3.22. The molecule has 0 saturated carbocycles. The van der Waals surface area contributed by atoms with Gasteiger partial charge in [0.25, 0.3) is 0 Å². The summed E-state index contributed by atoms with van der Waals surface area (Å²) in [6.07, 6.45) is 9.06. The number of rotatable bonds is 3. The molecule has 0 bridgehead atoms. The lowest BCUT2D eigenvalue weighted by atomic mass is 10.1. The summed E-state index contributed by atoms with van der Waals surface area (Å²) in [5, 5.41) is 15.0. The highest BCUT2D eigenvalue weighted by molar-refractivity contribution is 5.45. The number of piperidine rings is 1. The van der Waals surface area contributed by atoms with Gasteiger partial charge in [0, 0.05) is 31.5 Å². The molecule has 1 N–H and O–H groups in total. The van der Waals surface area contributed by atoms with Gasteiger partial charge in [0.2, 0.25) is 5.95 Å². The molecule has 1 unspecified atom stereocenters. The Balaban J connectivity index is 1.52. The first kappa shape index (κ1) is 12.9. The van der Waals surface area contributed by atoms with Crippen LogP contribution in [-0.2, 0) is 0 Å². The van der Waals surface area contributed by atoms with Gasteiger partial charge in [-0.05, 0) is 29.3 Å². The summed E-state index contributed by atoms with van der Waals surface area (Å²) in [7, 11) is 0. The maximum atomic E-state index is 4.32. The molecule has 1 saturated heterocycles. The van der Waals surface area contributed by atoms with Gasteiger partial charge in [0.1, 0.15) is 0 Å². The van der Waals surface area contributed by atoms with Gasteiger partial charge in [-0.15, -0.1) is 5.10 Å². The Morgan fingerprint density at radius 2 is 2.09 bits per heavy atom. The Morgan fingerprint density at radius 1 is 1.18 bits per heavy atom. The summed E-state index contributed by atoms with van der Waals surface area (Å²) in [6, 6.07) is 2.10. The summed E-state index contributed by atoms with van der Waals surface area (Å²) in [5.41, 5.74) is 0.629. The summed E-state index contributed by atoms with van der Waals surface area (Å²) in [6.45, 7) is 1.80. The number of hydrogen-bond donors (Lipinski definition) is 1. The lowest BCUT2D eigenvalue weighted by Gasteiger charge is -2.33. The number of anilines is 2. The molecular formula is C13H15N9. The topological polar surface area (TPSA) is 97.0 Å². The fourth-order valence-corrected chi connectivity index (χ4v) is 2.71. The first-order valence-corrected chi connectivity index (χ1v) is 7.21. The Labute approximate surface area is 126 Å². The van der Waals surface area contributed by atoms with E-state index in [2.05, 4.69) is 40.7 Å². The average Bonchev–Trinajstić information content (AvgIpc) is 3.06. The summed E-state index contributed by atoms with van der Waals surface area (Å²) in [5.74, 6) is 1.57. The highest BCUT2D eigenvalue weighted by Crippen LogP contribution is 2.18. The molecule has 0 spiro atoms. The highest BCUT2D eigenvalue weighted by Gasteiger charge is 2.22. The van der Waals surface area contributed by atoms with E-state index in [4.69, 9.17) is 0 Å². The van der Waals surface area contributed by atoms with Crippen molar-refractivity contribution in [1.82, 2.24) is 35.0 Å². The summed E-state index contributed by atoms with van der Waals surface area (Å²) >= 11 is 0. The summed E-state index contributed by atoms with van der Waals surface area (Å²) in [4.78, 5) is 15.0. The zero-order valence-electron chi connectivity index (χ0n) is 11.9. The fraction of sp³-hybridized carbons (Fsp3) is 0.385. The highest BCUT2D eigenvalue weighted by atomic mass is 15.5. The van der Waals surface area contributed by atoms with Crippen molar-refractivity contribution in [1.29, 1.82) is 0 Å². The van der Waals surface area contributed by atoms with E-state index in [1.807, 2.05) is 6.07 Å². The van der Waals surface area contributed by atoms with E-state index < -0.39 is 0 Å². The fourth-order valence-electron chi connectivity index (χ4n) is 2.71. The lowest BCUT2D eigenvalue weighted by Crippen LogP contribution is -2.43. The molecule has 0 aromatic carbocycles. The number of fused-ring (bicyclic) bond motifs is 1. The van der Waals surface area contributed by atoms with Crippen LogP contribution in [0.15, 0.2) is 30.9 Å². The molecule has 9 nitrogen and oxygen atoms in total. The third-order valence-electron chi connectivity index (χ3n) is 3.72. The van der Waals surface area contributed by atoms with E-state index in [0.29, 0.717) is 5.65 Å². The van der Waals surface area contributed by atoms with Gasteiger partial charge < -0.3 is 10.2 Å². The van der Waals surface area contributed by atoms with Gasteiger partial charge in [-0.1, -0.05) is 0 Å². The van der Waals surface area contributed by atoms with Gasteiger partial charge in [-0.25, -0.2) is 9.97 Å². The van der Waals surface area contributed by atoms with Gasteiger partial charge >= 0.3 is 0 Å². The van der Waals surface area contributed by atoms with Crippen LogP contribution in [0.3, 0.4) is 0 Å². The van der Waals surface area contributed by atoms with Crippen molar-refractivity contribution in [3.63, 3.8) is 0 Å². The molecule has 22 heavy (non-hydrogen) atoms. The predicted molar refractivity (Wildman–Crippen MR) is 79.5 cm³/mol. The zero-order chi connectivity index (χ0) is 14.8. The molecule has 0 aliphatic carbocycles. The molecule has 1 aliphatic heterocycles. The van der Waals surface area contributed by atoms with Crippen LogP contribution in [0.5, 0.6) is 0 Å². The number of nitrogens with zero attached hydrogens (tertiary/aromatic N) is 8. The molecule has 0 amide bonds. The normalized spacial score (nSPS) is 18.5. The van der Waals surface area contributed by atoms with E-state index in [0.717, 1.165) is 37.7 Å². The standard InChI is InChI=1S/C13H15N9/c1-3-10(9-21(6-1)13-15-4-2-5-16-13)17-11-7-14-8-12-18-19-20-22(11)12/h2,4-5,7-8,10,17H,1,3,6,9H2. The molecule has 1 aliphatic rings. The Morgan fingerprint density at radius 3 is 3.00 bits per heavy atom. The molecule has 1 fully saturated rings. The number of tetrazole rings is 1. The monoisotopic (exact) mass is 297 g/mol. The van der Waals surface area contributed by atoms with Crippen molar-refractivity contribution in [3.05, 3.63) is 30.9 Å². The molecular weight excluding hydrogens is 282 g/mol. The van der Waals surface area contributed by atoms with Crippen LogP contribution in [0.1, 0.15) is 12.8 Å². The van der Waals surface area contributed by atoms with Crippen LogP contribution in [0.4, 0.5) is 11.8 Å². The average molecular weight is 297 g/mol. The summed E-state index contributed by atoms with van der Waals surface area (Å²) < 4.78 is 1.66. The van der Waals surface area contributed by atoms with Crippen LogP contribution >= 0.6 is 0 Å². The first-order chi connectivity index (χ1) is 10.9. The van der Waals surface area contributed by atoms with E-state index in [1.54, 1.807) is 29.3 Å². The molecule has 4 heterocycles. The van der Waals surface area contributed by atoms with E-state index in [9.17, 15) is 0 Å². The minimum Gasteiger partial charge on any atom is -0.364 e. The second-order valence-corrected chi connectivity index (χ2v) is 5.22. The first-order valence-electron chi connectivity index (χ1n) is 7.21. The second-order valence-electron chi connectivity index (χ2n) is 5.22. The van der Waals surface area contributed by atoms with Gasteiger partial charge in [0.05, 0.1) is 12.4 Å². The minimum atomic E-state index is 0.272. The predicted octanol–water partition coefficient (Wildman–Crippen LogP) is 0.390. The van der Waals surface area contributed by atoms with Crippen molar-refractivity contribution in [3.8, 4) is 0 Å². The second kappa shape index (κ2) is 5.51. The van der Waals surface area contributed by atoms with Crippen LogP contribution < -0.4 is 10.2 Å². The third kappa shape index (κ3) is 2.41. The SMILES string of the molecule is c1cnc(N2CCCC(Nc3cncc4nnnn34)C2)nc1. The smallest absolute Gasteiger partial charge is 0.225 e. The molecule has 1 atom stereocenters. The number of nitrogens with one attached hydrogen (secondary N) is 1. The van der Waals surface area contributed by atoms with Crippen LogP contribution in [0.2, 0.25) is 0 Å². The van der Waals surface area contributed by atoms with E-state index in [-0.39, 0.29) is 6.04 Å². The quantitative estimate of drug-likeness (QED) is 0.741. The van der Waals surface area contributed by atoms with Crippen molar-refractivity contribution in [2.75, 3.05) is 23.3 Å². The van der Waals surface area contributed by atoms with Gasteiger partial charge in [-0.2, -0.15) is 4.52 Å². The van der Waals surface area contributed by atoms with Crippen LogP contribution in [0.25, 0.3) is 5.65 Å². The Bertz CT molecular complexity index is 756.